The minimum absolute atomic E-state index is 0.856. The molecule has 0 aliphatic rings. The van der Waals surface area contributed by atoms with E-state index in [4.69, 9.17) is 13.3 Å². The number of rotatable bonds is 0. The zero-order valence-corrected chi connectivity index (χ0v) is 16.3. The zero-order valence-electron chi connectivity index (χ0n) is 16.3. The molecule has 31 heavy (non-hydrogen) atoms. The van der Waals surface area contributed by atoms with E-state index in [1.165, 1.54) is 0 Å². The Kier molecular flexibility index (Phi) is 2.65. The third kappa shape index (κ3) is 1.80. The predicted octanol–water partition coefficient (Wildman–Crippen LogP) is 8.54. The molecular weight excluding hydrogens is 384 g/mol. The predicted molar refractivity (Wildman–Crippen MR) is 126 cm³/mol. The minimum Gasteiger partial charge on any atom is -0.456 e. The Bertz CT molecular complexity index is 2000. The first-order chi connectivity index (χ1) is 15.4. The van der Waals surface area contributed by atoms with Gasteiger partial charge in [-0.05, 0) is 30.3 Å². The lowest BCUT2D eigenvalue weighted by Crippen LogP contribution is -1.80. The Hall–Kier alpha value is -4.24. The lowest BCUT2D eigenvalue weighted by Gasteiger charge is -2.04. The standard InChI is InChI=1S/C28H14O3/c1-4-10-19-15(7-1)23-22(29-19)14-13-18-24(23)25-16-8-2-5-11-20(16)31-28(25)26-17-9-3-6-12-21(17)30-27(18)26/h1-14H. The van der Waals surface area contributed by atoms with Crippen LogP contribution in [0.2, 0.25) is 0 Å². The van der Waals surface area contributed by atoms with Gasteiger partial charge in [0.25, 0.3) is 0 Å². The van der Waals surface area contributed by atoms with Gasteiger partial charge in [0.2, 0.25) is 0 Å². The fraction of sp³-hybridized carbons (Fsp3) is 0. The molecule has 5 aromatic carbocycles. The van der Waals surface area contributed by atoms with Crippen molar-refractivity contribution in [2.45, 2.75) is 0 Å². The number of fused-ring (bicyclic) bond motifs is 14. The van der Waals surface area contributed by atoms with Gasteiger partial charge in [-0.25, -0.2) is 0 Å². The summed E-state index contributed by atoms with van der Waals surface area (Å²) in [4.78, 5) is 0. The minimum atomic E-state index is 0.856. The van der Waals surface area contributed by atoms with Crippen LogP contribution in [0.3, 0.4) is 0 Å². The molecule has 0 unspecified atom stereocenters. The molecule has 0 saturated carbocycles. The van der Waals surface area contributed by atoms with E-state index in [2.05, 4.69) is 42.5 Å². The second-order valence-electron chi connectivity index (χ2n) is 8.06. The molecule has 3 heteroatoms. The van der Waals surface area contributed by atoms with E-state index in [-0.39, 0.29) is 0 Å². The van der Waals surface area contributed by atoms with Gasteiger partial charge in [0.1, 0.15) is 33.5 Å². The zero-order chi connectivity index (χ0) is 20.1. The molecule has 0 radical (unpaired) electrons. The third-order valence-electron chi connectivity index (χ3n) is 6.46. The Morgan fingerprint density at radius 2 is 0.871 bits per heavy atom. The molecule has 8 aromatic rings. The van der Waals surface area contributed by atoms with Crippen molar-refractivity contribution in [2.75, 3.05) is 0 Å². The summed E-state index contributed by atoms with van der Waals surface area (Å²) in [5, 5.41) is 8.71. The molecule has 0 N–H and O–H groups in total. The molecule has 3 aromatic heterocycles. The molecular formula is C28H14O3. The molecule has 0 amide bonds. The van der Waals surface area contributed by atoms with Gasteiger partial charge in [0, 0.05) is 37.7 Å². The van der Waals surface area contributed by atoms with E-state index in [1.54, 1.807) is 0 Å². The van der Waals surface area contributed by atoms with Gasteiger partial charge in [-0.15, -0.1) is 0 Å². The van der Waals surface area contributed by atoms with E-state index >= 15 is 0 Å². The Morgan fingerprint density at radius 1 is 0.323 bits per heavy atom. The molecule has 0 fully saturated rings. The number of furan rings is 3. The lowest BCUT2D eigenvalue weighted by atomic mass is 9.96. The molecule has 0 aliphatic heterocycles. The fourth-order valence-electron chi connectivity index (χ4n) is 5.20. The van der Waals surface area contributed by atoms with Gasteiger partial charge in [-0.1, -0.05) is 54.6 Å². The van der Waals surface area contributed by atoms with Crippen LogP contribution in [-0.2, 0) is 0 Å². The highest BCUT2D eigenvalue weighted by Crippen LogP contribution is 2.48. The van der Waals surface area contributed by atoms with Crippen LogP contribution in [0.5, 0.6) is 0 Å². The van der Waals surface area contributed by atoms with Gasteiger partial charge in [0.05, 0.1) is 5.39 Å². The lowest BCUT2D eigenvalue weighted by molar-refractivity contribution is 0.665. The Balaban J connectivity index is 1.82. The average molecular weight is 398 g/mol. The summed E-state index contributed by atoms with van der Waals surface area (Å²) in [7, 11) is 0. The van der Waals surface area contributed by atoms with Gasteiger partial charge in [-0.3, -0.25) is 0 Å². The van der Waals surface area contributed by atoms with Crippen molar-refractivity contribution >= 4 is 76.6 Å². The number of para-hydroxylation sites is 3. The second-order valence-corrected chi connectivity index (χ2v) is 8.06. The smallest absolute Gasteiger partial charge is 0.147 e. The molecule has 0 spiro atoms. The summed E-state index contributed by atoms with van der Waals surface area (Å²) in [6.07, 6.45) is 0. The largest absolute Gasteiger partial charge is 0.456 e. The molecule has 3 heterocycles. The van der Waals surface area contributed by atoms with E-state index in [1.807, 2.05) is 42.5 Å². The van der Waals surface area contributed by atoms with Crippen molar-refractivity contribution in [3.63, 3.8) is 0 Å². The first-order valence-corrected chi connectivity index (χ1v) is 10.4. The van der Waals surface area contributed by atoms with Crippen molar-refractivity contribution in [3.05, 3.63) is 84.9 Å². The average Bonchev–Trinajstić information content (AvgIpc) is 3.49. The van der Waals surface area contributed by atoms with Crippen LogP contribution in [-0.4, -0.2) is 0 Å². The first-order valence-electron chi connectivity index (χ1n) is 10.4. The first kappa shape index (κ1) is 15.6. The summed E-state index contributed by atoms with van der Waals surface area (Å²) < 4.78 is 19.1. The van der Waals surface area contributed by atoms with Gasteiger partial charge in [-0.2, -0.15) is 0 Å². The maximum atomic E-state index is 6.49. The summed E-state index contributed by atoms with van der Waals surface area (Å²) in [5.41, 5.74) is 5.22. The highest BCUT2D eigenvalue weighted by atomic mass is 16.3. The highest BCUT2D eigenvalue weighted by Gasteiger charge is 2.23. The second kappa shape index (κ2) is 5.27. The molecule has 0 atom stereocenters. The fourth-order valence-corrected chi connectivity index (χ4v) is 5.20. The molecule has 144 valence electrons. The van der Waals surface area contributed by atoms with Gasteiger partial charge >= 0.3 is 0 Å². The van der Waals surface area contributed by atoms with Crippen LogP contribution in [0.15, 0.2) is 98.2 Å². The van der Waals surface area contributed by atoms with Crippen molar-refractivity contribution < 1.29 is 13.3 Å². The number of hydrogen-bond acceptors (Lipinski definition) is 3. The van der Waals surface area contributed by atoms with Crippen molar-refractivity contribution in [2.24, 2.45) is 0 Å². The number of hydrogen-bond donors (Lipinski definition) is 0. The Labute approximate surface area is 175 Å². The van der Waals surface area contributed by atoms with Crippen molar-refractivity contribution in [1.82, 2.24) is 0 Å². The highest BCUT2D eigenvalue weighted by molar-refractivity contribution is 6.39. The van der Waals surface area contributed by atoms with Crippen LogP contribution >= 0.6 is 0 Å². The summed E-state index contributed by atoms with van der Waals surface area (Å²) in [5.74, 6) is 0. The van der Waals surface area contributed by atoms with E-state index in [0.29, 0.717) is 0 Å². The molecule has 8 rings (SSSR count). The maximum absolute atomic E-state index is 6.49. The van der Waals surface area contributed by atoms with E-state index in [0.717, 1.165) is 76.6 Å². The molecule has 3 nitrogen and oxygen atoms in total. The SMILES string of the molecule is c1ccc2c(c1)oc1c3ccc4oc5ccccc5c4c3c3c4ccccc4oc3c21. The van der Waals surface area contributed by atoms with Crippen molar-refractivity contribution in [1.29, 1.82) is 0 Å². The number of benzene rings is 5. The summed E-state index contributed by atoms with van der Waals surface area (Å²) in [6, 6.07) is 28.8. The third-order valence-corrected chi connectivity index (χ3v) is 6.46. The molecule has 0 saturated heterocycles. The van der Waals surface area contributed by atoms with Crippen LogP contribution < -0.4 is 0 Å². The maximum Gasteiger partial charge on any atom is 0.147 e. The van der Waals surface area contributed by atoms with E-state index < -0.39 is 0 Å². The van der Waals surface area contributed by atoms with Crippen LogP contribution in [0.25, 0.3) is 76.6 Å². The normalized spacial score (nSPS) is 12.5. The van der Waals surface area contributed by atoms with Gasteiger partial charge in [0.15, 0.2) is 0 Å². The monoisotopic (exact) mass is 398 g/mol. The quantitative estimate of drug-likeness (QED) is 0.257. The Morgan fingerprint density at radius 3 is 1.58 bits per heavy atom. The van der Waals surface area contributed by atoms with Gasteiger partial charge < -0.3 is 13.3 Å². The molecule has 0 bridgehead atoms. The van der Waals surface area contributed by atoms with Crippen LogP contribution in [0.1, 0.15) is 0 Å². The van der Waals surface area contributed by atoms with Crippen molar-refractivity contribution in [3.8, 4) is 0 Å². The van der Waals surface area contributed by atoms with Crippen LogP contribution in [0, 0.1) is 0 Å². The summed E-state index contributed by atoms with van der Waals surface area (Å²) >= 11 is 0. The summed E-state index contributed by atoms with van der Waals surface area (Å²) in [6.45, 7) is 0. The molecule has 0 aliphatic carbocycles. The topological polar surface area (TPSA) is 39.4 Å². The van der Waals surface area contributed by atoms with Crippen LogP contribution in [0.4, 0.5) is 0 Å². The van der Waals surface area contributed by atoms with E-state index in [9.17, 15) is 0 Å².